The average Bonchev–Trinajstić information content (AvgIpc) is 3.28. The predicted molar refractivity (Wildman–Crippen MR) is 125 cm³/mol. The molecule has 0 aliphatic carbocycles. The molecule has 0 amide bonds. The van der Waals surface area contributed by atoms with E-state index < -0.39 is 33.3 Å². The maximum atomic E-state index is 14.6. The lowest BCUT2D eigenvalue weighted by molar-refractivity contribution is -0.137. The molecule has 14 heteroatoms. The van der Waals surface area contributed by atoms with Gasteiger partial charge >= 0.3 is 6.18 Å². The van der Waals surface area contributed by atoms with Crippen molar-refractivity contribution >= 4 is 16.0 Å². The third kappa shape index (κ3) is 5.82. The quantitative estimate of drug-likeness (QED) is 0.455. The summed E-state index contributed by atoms with van der Waals surface area (Å²) in [6, 6.07) is 4.36. The van der Waals surface area contributed by atoms with Crippen LogP contribution in [0.1, 0.15) is 24.0 Å². The van der Waals surface area contributed by atoms with E-state index in [2.05, 4.69) is 25.6 Å². The fraction of sp³-hybridized carbons (Fsp3) is 0.409. The van der Waals surface area contributed by atoms with Gasteiger partial charge in [-0.2, -0.15) is 13.2 Å². The summed E-state index contributed by atoms with van der Waals surface area (Å²) in [6.07, 6.45) is 0.479. The molecule has 1 saturated heterocycles. The van der Waals surface area contributed by atoms with Crippen molar-refractivity contribution < 1.29 is 26.0 Å². The molecule has 1 aliphatic rings. The molecule has 2 N–H and O–H groups in total. The molecule has 194 valence electrons. The van der Waals surface area contributed by atoms with Gasteiger partial charge in [0, 0.05) is 38.1 Å². The van der Waals surface area contributed by atoms with Crippen molar-refractivity contribution in [3.05, 3.63) is 53.9 Å². The molecule has 0 unspecified atom stereocenters. The van der Waals surface area contributed by atoms with Crippen molar-refractivity contribution in [2.45, 2.75) is 31.6 Å². The number of benzene rings is 1. The van der Waals surface area contributed by atoms with E-state index in [1.165, 1.54) is 33.5 Å². The van der Waals surface area contributed by atoms with Crippen molar-refractivity contribution in [2.75, 3.05) is 31.7 Å². The number of piperidine rings is 1. The molecule has 0 saturated carbocycles. The van der Waals surface area contributed by atoms with Gasteiger partial charge in [-0.1, -0.05) is 6.07 Å². The van der Waals surface area contributed by atoms with Gasteiger partial charge in [-0.05, 0) is 37.6 Å². The fourth-order valence-corrected chi connectivity index (χ4v) is 4.89. The van der Waals surface area contributed by atoms with E-state index in [0.717, 1.165) is 6.26 Å². The smallest absolute Gasteiger partial charge is 0.351 e. The third-order valence-corrected chi connectivity index (χ3v) is 7.15. The number of halogens is 4. The van der Waals surface area contributed by atoms with E-state index in [1.54, 1.807) is 13.1 Å². The minimum atomic E-state index is -4.74. The standard InChI is InChI=1S/C22H25F4N7O2S/c1-27-10-14-3-4-19(17(23)9-14)32-12-18(29-13-32)20-16(22(24,25)26)11-28-21(31-20)30-15-5-7-33(8-6-15)36(2,34)35/h3-4,9,11-13,15,27H,5-8,10H2,1-2H3,(H,28,30,31). The van der Waals surface area contributed by atoms with Gasteiger partial charge in [0.05, 0.1) is 11.9 Å². The summed E-state index contributed by atoms with van der Waals surface area (Å²) in [5.74, 6) is -0.582. The molecule has 3 aromatic rings. The fourth-order valence-electron chi connectivity index (χ4n) is 4.02. The van der Waals surface area contributed by atoms with Crippen molar-refractivity contribution in [1.29, 1.82) is 0 Å². The Kier molecular flexibility index (Phi) is 7.29. The van der Waals surface area contributed by atoms with Gasteiger partial charge in [0.25, 0.3) is 0 Å². The van der Waals surface area contributed by atoms with Crippen LogP contribution in [0.3, 0.4) is 0 Å². The van der Waals surface area contributed by atoms with Crippen LogP contribution in [-0.2, 0) is 22.7 Å². The molecule has 4 rings (SSSR count). The molecule has 1 aromatic carbocycles. The van der Waals surface area contributed by atoms with Crippen LogP contribution in [0.5, 0.6) is 0 Å². The Morgan fingerprint density at radius 1 is 1.17 bits per heavy atom. The highest BCUT2D eigenvalue weighted by molar-refractivity contribution is 7.88. The molecule has 2 aromatic heterocycles. The number of aromatic nitrogens is 4. The number of nitrogens with zero attached hydrogens (tertiary/aromatic N) is 5. The van der Waals surface area contributed by atoms with Gasteiger partial charge in [0.1, 0.15) is 29.1 Å². The molecular formula is C22H25F4N7O2S. The summed E-state index contributed by atoms with van der Waals surface area (Å²) in [5, 5.41) is 5.91. The number of sulfonamides is 1. The van der Waals surface area contributed by atoms with E-state index in [4.69, 9.17) is 0 Å². The van der Waals surface area contributed by atoms with Crippen LogP contribution < -0.4 is 10.6 Å². The summed E-state index contributed by atoms with van der Waals surface area (Å²) in [6.45, 7) is 1.03. The van der Waals surface area contributed by atoms with Crippen LogP contribution >= 0.6 is 0 Å². The van der Waals surface area contributed by atoms with E-state index >= 15 is 0 Å². The lowest BCUT2D eigenvalue weighted by Gasteiger charge is -2.30. The molecule has 1 fully saturated rings. The summed E-state index contributed by atoms with van der Waals surface area (Å²) in [7, 11) is -1.58. The zero-order chi connectivity index (χ0) is 26.1. The minimum Gasteiger partial charge on any atom is -0.351 e. The molecule has 0 radical (unpaired) electrons. The molecular weight excluding hydrogens is 502 g/mol. The van der Waals surface area contributed by atoms with Crippen molar-refractivity contribution in [1.82, 2.24) is 29.1 Å². The van der Waals surface area contributed by atoms with Gasteiger partial charge in [0.2, 0.25) is 16.0 Å². The summed E-state index contributed by atoms with van der Waals surface area (Å²) >= 11 is 0. The van der Waals surface area contributed by atoms with E-state index in [0.29, 0.717) is 31.1 Å². The van der Waals surface area contributed by atoms with Crippen molar-refractivity contribution in [3.8, 4) is 17.1 Å². The van der Waals surface area contributed by atoms with Gasteiger partial charge in [-0.15, -0.1) is 0 Å². The lowest BCUT2D eigenvalue weighted by atomic mass is 10.1. The molecule has 3 heterocycles. The Hall–Kier alpha value is -3.10. The van der Waals surface area contributed by atoms with Crippen LogP contribution in [0, 0.1) is 5.82 Å². The highest BCUT2D eigenvalue weighted by Crippen LogP contribution is 2.36. The first-order valence-electron chi connectivity index (χ1n) is 11.1. The average molecular weight is 528 g/mol. The number of anilines is 1. The van der Waals surface area contributed by atoms with Gasteiger partial charge < -0.3 is 15.2 Å². The monoisotopic (exact) mass is 527 g/mol. The summed E-state index contributed by atoms with van der Waals surface area (Å²) in [5.41, 5.74) is -0.771. The van der Waals surface area contributed by atoms with Crippen molar-refractivity contribution in [2.24, 2.45) is 0 Å². The number of hydrogen-bond donors (Lipinski definition) is 2. The molecule has 0 atom stereocenters. The van der Waals surface area contributed by atoms with Crippen LogP contribution in [0.2, 0.25) is 0 Å². The molecule has 0 bridgehead atoms. The summed E-state index contributed by atoms with van der Waals surface area (Å²) in [4.78, 5) is 12.0. The zero-order valence-corrected chi connectivity index (χ0v) is 20.4. The molecule has 9 nitrogen and oxygen atoms in total. The largest absolute Gasteiger partial charge is 0.420 e. The Balaban J connectivity index is 1.61. The first-order valence-corrected chi connectivity index (χ1v) is 12.9. The van der Waals surface area contributed by atoms with Gasteiger partial charge in [0.15, 0.2) is 0 Å². The Bertz CT molecular complexity index is 1340. The molecule has 36 heavy (non-hydrogen) atoms. The van der Waals surface area contributed by atoms with Gasteiger partial charge in [-0.25, -0.2) is 32.1 Å². The normalized spacial score (nSPS) is 15.8. The Labute approximate surface area is 205 Å². The van der Waals surface area contributed by atoms with Crippen LogP contribution in [-0.4, -0.2) is 64.7 Å². The molecule has 0 spiro atoms. The van der Waals surface area contributed by atoms with E-state index in [1.807, 2.05) is 0 Å². The summed E-state index contributed by atoms with van der Waals surface area (Å²) < 4.78 is 81.8. The second-order valence-corrected chi connectivity index (χ2v) is 10.5. The minimum absolute atomic E-state index is 0.0343. The SMILES string of the molecule is CNCc1ccc(-n2cnc(-c3nc(NC4CCN(S(C)(=O)=O)CC4)ncc3C(F)(F)F)c2)c(F)c1. The van der Waals surface area contributed by atoms with Crippen LogP contribution in [0.15, 0.2) is 36.9 Å². The highest BCUT2D eigenvalue weighted by Gasteiger charge is 2.36. The number of rotatable bonds is 7. The zero-order valence-electron chi connectivity index (χ0n) is 19.5. The third-order valence-electron chi connectivity index (χ3n) is 5.85. The highest BCUT2D eigenvalue weighted by atomic mass is 32.2. The van der Waals surface area contributed by atoms with Crippen LogP contribution in [0.25, 0.3) is 17.1 Å². The predicted octanol–water partition coefficient (Wildman–Crippen LogP) is 3.04. The Morgan fingerprint density at radius 2 is 1.89 bits per heavy atom. The Morgan fingerprint density at radius 3 is 2.50 bits per heavy atom. The van der Waals surface area contributed by atoms with Crippen LogP contribution in [0.4, 0.5) is 23.5 Å². The maximum absolute atomic E-state index is 14.6. The first kappa shape index (κ1) is 26.0. The maximum Gasteiger partial charge on any atom is 0.420 e. The van der Waals surface area contributed by atoms with Crippen molar-refractivity contribution in [3.63, 3.8) is 0 Å². The lowest BCUT2D eigenvalue weighted by Crippen LogP contribution is -2.42. The second kappa shape index (κ2) is 10.1. The number of imidazole rings is 1. The number of nitrogens with one attached hydrogen (secondary N) is 2. The van der Waals surface area contributed by atoms with E-state index in [-0.39, 0.29) is 36.5 Å². The molecule has 1 aliphatic heterocycles. The second-order valence-electron chi connectivity index (χ2n) is 8.52. The number of alkyl halides is 3. The van der Waals surface area contributed by atoms with Gasteiger partial charge in [-0.3, -0.25) is 0 Å². The first-order chi connectivity index (χ1) is 17.0. The topological polar surface area (TPSA) is 105 Å². The number of hydrogen-bond acceptors (Lipinski definition) is 7. The van der Waals surface area contributed by atoms with E-state index in [9.17, 15) is 26.0 Å².